The van der Waals surface area contributed by atoms with Crippen LogP contribution in [0.2, 0.25) is 5.02 Å². The van der Waals surface area contributed by atoms with Crippen molar-refractivity contribution < 1.29 is 14.0 Å². The maximum atomic E-state index is 12.7. The van der Waals surface area contributed by atoms with Crippen molar-refractivity contribution in [1.82, 2.24) is 10.6 Å². The molecule has 0 unspecified atom stereocenters. The molecule has 5 nitrogen and oxygen atoms in total. The smallest absolute Gasteiger partial charge is 0.287 e. The Hall–Kier alpha value is -2.44. The van der Waals surface area contributed by atoms with Crippen LogP contribution in [-0.4, -0.2) is 23.9 Å². The average molecular weight is 431 g/mol. The molecule has 0 fully saturated rings. The van der Waals surface area contributed by atoms with Gasteiger partial charge < -0.3 is 15.1 Å². The van der Waals surface area contributed by atoms with E-state index in [0.717, 1.165) is 15.8 Å². The number of benzene rings is 2. The Balaban J connectivity index is 1.77. The van der Waals surface area contributed by atoms with Crippen LogP contribution < -0.4 is 10.6 Å². The van der Waals surface area contributed by atoms with Gasteiger partial charge in [0.25, 0.3) is 5.91 Å². The number of nitrogens with one attached hydrogen (secondary N) is 2. The van der Waals surface area contributed by atoms with Gasteiger partial charge in [0, 0.05) is 32.2 Å². The number of thioether (sulfide) groups is 1. The van der Waals surface area contributed by atoms with Crippen LogP contribution in [0, 0.1) is 0 Å². The van der Waals surface area contributed by atoms with E-state index in [-0.39, 0.29) is 23.8 Å². The Kier molecular flexibility index (Phi) is 6.55. The summed E-state index contributed by atoms with van der Waals surface area (Å²) in [5.74, 6) is 0.127. The number of amides is 2. The van der Waals surface area contributed by atoms with Crippen molar-refractivity contribution in [1.29, 1.82) is 0 Å². The Labute approximate surface area is 179 Å². The Morgan fingerprint density at radius 2 is 1.76 bits per heavy atom. The summed E-state index contributed by atoms with van der Waals surface area (Å²) in [4.78, 5) is 25.8. The number of furan rings is 1. The highest BCUT2D eigenvalue weighted by molar-refractivity contribution is 7.98. The number of fused-ring (bicyclic) bond motifs is 1. The fourth-order valence-corrected chi connectivity index (χ4v) is 3.87. The van der Waals surface area contributed by atoms with Gasteiger partial charge in [-0.15, -0.1) is 11.8 Å². The molecule has 7 heteroatoms. The molecule has 29 heavy (non-hydrogen) atoms. The van der Waals surface area contributed by atoms with Crippen molar-refractivity contribution in [2.75, 3.05) is 6.54 Å². The minimum absolute atomic E-state index is 0.114. The summed E-state index contributed by atoms with van der Waals surface area (Å²) in [7, 11) is 0. The van der Waals surface area contributed by atoms with E-state index >= 15 is 0 Å². The van der Waals surface area contributed by atoms with Crippen LogP contribution in [0.25, 0.3) is 11.0 Å². The number of carbonyl (C=O) groups is 2. The monoisotopic (exact) mass is 430 g/mol. The summed E-state index contributed by atoms with van der Waals surface area (Å²) in [6.45, 7) is 5.55. The predicted molar refractivity (Wildman–Crippen MR) is 117 cm³/mol. The van der Waals surface area contributed by atoms with Crippen LogP contribution in [0.1, 0.15) is 36.9 Å². The van der Waals surface area contributed by atoms with Crippen LogP contribution in [0.4, 0.5) is 0 Å². The SMILES string of the molecule is CC(C)(C)NC(=O)CNC(=O)c1oc2ccccc2c1CSc1ccc(Cl)cc1. The molecule has 0 saturated carbocycles. The van der Waals surface area contributed by atoms with Crippen LogP contribution in [0.15, 0.2) is 57.8 Å². The number of carbonyl (C=O) groups excluding carboxylic acids is 2. The van der Waals surface area contributed by atoms with Gasteiger partial charge in [-0.05, 0) is 51.1 Å². The number of hydrogen-bond acceptors (Lipinski definition) is 4. The van der Waals surface area contributed by atoms with Crippen LogP contribution in [0.5, 0.6) is 0 Å². The normalized spacial score (nSPS) is 11.4. The zero-order chi connectivity index (χ0) is 21.0. The van der Waals surface area contributed by atoms with E-state index in [0.29, 0.717) is 16.4 Å². The van der Waals surface area contributed by atoms with E-state index in [4.69, 9.17) is 16.0 Å². The first kappa shape index (κ1) is 21.3. The molecule has 1 heterocycles. The number of rotatable bonds is 6. The lowest BCUT2D eigenvalue weighted by Gasteiger charge is -2.20. The van der Waals surface area contributed by atoms with Gasteiger partial charge in [0.15, 0.2) is 5.76 Å². The highest BCUT2D eigenvalue weighted by Crippen LogP contribution is 2.32. The van der Waals surface area contributed by atoms with E-state index in [2.05, 4.69) is 10.6 Å². The molecule has 0 aliphatic heterocycles. The third kappa shape index (κ3) is 5.78. The first-order valence-electron chi connectivity index (χ1n) is 9.21. The molecule has 152 valence electrons. The molecule has 0 saturated heterocycles. The van der Waals surface area contributed by atoms with Gasteiger partial charge in [0.05, 0.1) is 6.54 Å². The van der Waals surface area contributed by atoms with Crippen molar-refractivity contribution in [2.45, 2.75) is 37.0 Å². The zero-order valence-electron chi connectivity index (χ0n) is 16.5. The number of halogens is 1. The third-order valence-electron chi connectivity index (χ3n) is 4.03. The highest BCUT2D eigenvalue weighted by Gasteiger charge is 2.22. The van der Waals surface area contributed by atoms with Gasteiger partial charge in [-0.3, -0.25) is 9.59 Å². The van der Waals surface area contributed by atoms with E-state index in [1.807, 2.05) is 69.3 Å². The summed E-state index contributed by atoms with van der Waals surface area (Å²) < 4.78 is 5.82. The molecule has 3 aromatic rings. The Morgan fingerprint density at radius 3 is 2.45 bits per heavy atom. The van der Waals surface area contributed by atoms with Gasteiger partial charge in [0.1, 0.15) is 5.58 Å². The van der Waals surface area contributed by atoms with E-state index < -0.39 is 5.91 Å². The second-order valence-corrected chi connectivity index (χ2v) is 9.11. The lowest BCUT2D eigenvalue weighted by atomic mass is 10.1. The first-order valence-corrected chi connectivity index (χ1v) is 10.6. The highest BCUT2D eigenvalue weighted by atomic mass is 35.5. The van der Waals surface area contributed by atoms with Crippen LogP contribution >= 0.6 is 23.4 Å². The first-order chi connectivity index (χ1) is 13.7. The molecular formula is C22H23ClN2O3S. The molecule has 0 aliphatic rings. The maximum Gasteiger partial charge on any atom is 0.287 e. The molecule has 0 radical (unpaired) electrons. The standard InChI is InChI=1S/C22H23ClN2O3S/c1-22(2,3)25-19(26)12-24-21(27)20-17(16-6-4-5-7-18(16)28-20)13-29-15-10-8-14(23)9-11-15/h4-11H,12-13H2,1-3H3,(H,24,27)(H,25,26). The van der Waals surface area contributed by atoms with Gasteiger partial charge in [-0.25, -0.2) is 0 Å². The summed E-state index contributed by atoms with van der Waals surface area (Å²) >= 11 is 7.53. The largest absolute Gasteiger partial charge is 0.451 e. The lowest BCUT2D eigenvalue weighted by Crippen LogP contribution is -2.45. The Morgan fingerprint density at radius 1 is 1.07 bits per heavy atom. The van der Waals surface area contributed by atoms with Crippen molar-refractivity contribution in [3.63, 3.8) is 0 Å². The number of para-hydroxylation sites is 1. The topological polar surface area (TPSA) is 71.3 Å². The Bertz CT molecular complexity index is 1020. The molecule has 0 aliphatic carbocycles. The molecule has 2 aromatic carbocycles. The van der Waals surface area contributed by atoms with Gasteiger partial charge in [0.2, 0.25) is 5.91 Å². The summed E-state index contributed by atoms with van der Waals surface area (Å²) in [5.41, 5.74) is 1.08. The fourth-order valence-electron chi connectivity index (χ4n) is 2.82. The molecule has 1 aromatic heterocycles. The molecular weight excluding hydrogens is 408 g/mol. The van der Waals surface area contributed by atoms with E-state index in [1.54, 1.807) is 11.8 Å². The van der Waals surface area contributed by atoms with Crippen molar-refractivity contribution >= 4 is 46.1 Å². The molecule has 2 N–H and O–H groups in total. The number of hydrogen-bond donors (Lipinski definition) is 2. The summed E-state index contributed by atoms with van der Waals surface area (Å²) in [5, 5.41) is 7.04. The zero-order valence-corrected chi connectivity index (χ0v) is 18.1. The van der Waals surface area contributed by atoms with E-state index in [9.17, 15) is 9.59 Å². The molecule has 3 rings (SSSR count). The molecule has 0 spiro atoms. The minimum Gasteiger partial charge on any atom is -0.451 e. The minimum atomic E-state index is -0.406. The van der Waals surface area contributed by atoms with Crippen LogP contribution in [0.3, 0.4) is 0 Å². The van der Waals surface area contributed by atoms with Gasteiger partial charge in [-0.2, -0.15) is 0 Å². The summed E-state index contributed by atoms with van der Waals surface area (Å²) in [6.07, 6.45) is 0. The van der Waals surface area contributed by atoms with Crippen molar-refractivity contribution in [3.05, 3.63) is 64.9 Å². The second kappa shape index (κ2) is 8.93. The van der Waals surface area contributed by atoms with E-state index in [1.165, 1.54) is 0 Å². The fraction of sp³-hybridized carbons (Fsp3) is 0.273. The van der Waals surface area contributed by atoms with Gasteiger partial charge >= 0.3 is 0 Å². The third-order valence-corrected chi connectivity index (χ3v) is 5.32. The second-order valence-electron chi connectivity index (χ2n) is 7.63. The van der Waals surface area contributed by atoms with Crippen LogP contribution in [-0.2, 0) is 10.5 Å². The predicted octanol–water partition coefficient (Wildman–Crippen LogP) is 5.02. The summed E-state index contributed by atoms with van der Waals surface area (Å²) in [6, 6.07) is 15.1. The quantitative estimate of drug-likeness (QED) is 0.538. The van der Waals surface area contributed by atoms with Gasteiger partial charge in [-0.1, -0.05) is 29.8 Å². The molecule has 0 bridgehead atoms. The molecule has 0 atom stereocenters. The molecule has 2 amide bonds. The average Bonchev–Trinajstić information content (AvgIpc) is 3.03. The van der Waals surface area contributed by atoms with Crippen molar-refractivity contribution in [3.8, 4) is 0 Å². The van der Waals surface area contributed by atoms with Crippen molar-refractivity contribution in [2.24, 2.45) is 0 Å². The lowest BCUT2D eigenvalue weighted by molar-refractivity contribution is -0.121. The maximum absolute atomic E-state index is 12.7.